The molecule has 0 aliphatic heterocycles. The molecule has 1 atom stereocenters. The normalized spacial score (nSPS) is 11.9. The zero-order valence-corrected chi connectivity index (χ0v) is 10.7. The van der Waals surface area contributed by atoms with Crippen LogP contribution < -0.4 is 5.32 Å². The molecule has 1 unspecified atom stereocenters. The van der Waals surface area contributed by atoms with Crippen molar-refractivity contribution < 1.29 is 24.6 Å². The zero-order chi connectivity index (χ0) is 14.1. The summed E-state index contributed by atoms with van der Waals surface area (Å²) in [4.78, 5) is 34.4. The number of rotatable bonds is 9. The van der Waals surface area contributed by atoms with Crippen LogP contribution in [0.25, 0.3) is 0 Å². The van der Waals surface area contributed by atoms with Gasteiger partial charge in [-0.1, -0.05) is 0 Å². The van der Waals surface area contributed by atoms with Gasteiger partial charge in [-0.25, -0.2) is 0 Å². The fourth-order valence-electron chi connectivity index (χ4n) is 1.51. The van der Waals surface area contributed by atoms with Crippen LogP contribution in [0.3, 0.4) is 0 Å². The summed E-state index contributed by atoms with van der Waals surface area (Å²) < 4.78 is 0. The largest absolute Gasteiger partial charge is 0.481 e. The third-order valence-electron chi connectivity index (χ3n) is 2.52. The maximum atomic E-state index is 11.6. The van der Waals surface area contributed by atoms with E-state index >= 15 is 0 Å². The molecule has 0 aromatic heterocycles. The molecule has 104 valence electrons. The van der Waals surface area contributed by atoms with E-state index in [1.165, 1.54) is 0 Å². The van der Waals surface area contributed by atoms with Crippen molar-refractivity contribution in [2.24, 2.45) is 0 Å². The molecule has 3 N–H and O–H groups in total. The van der Waals surface area contributed by atoms with Gasteiger partial charge in [-0.3, -0.25) is 14.4 Å². The first-order valence-electron chi connectivity index (χ1n) is 5.88. The van der Waals surface area contributed by atoms with E-state index in [-0.39, 0.29) is 18.9 Å². The van der Waals surface area contributed by atoms with Crippen molar-refractivity contribution in [3.8, 4) is 0 Å². The molecule has 0 aromatic carbocycles. The van der Waals surface area contributed by atoms with E-state index in [2.05, 4.69) is 5.32 Å². The first-order chi connectivity index (χ1) is 8.42. The standard InChI is InChI=1S/C11H20N2O5/c1-3-13(4-2)9(14)5-6-12-8(11(17)18)7-10(15)16/h8,12H,3-7H2,1-2H3,(H,15,16)(H,17,18). The number of aliphatic carboxylic acids is 2. The van der Waals surface area contributed by atoms with Crippen molar-refractivity contribution in [1.29, 1.82) is 0 Å². The minimum Gasteiger partial charge on any atom is -0.481 e. The van der Waals surface area contributed by atoms with Crippen LogP contribution in [0.5, 0.6) is 0 Å². The topological polar surface area (TPSA) is 107 Å². The first-order valence-corrected chi connectivity index (χ1v) is 5.88. The number of hydrogen-bond donors (Lipinski definition) is 3. The summed E-state index contributed by atoms with van der Waals surface area (Å²) in [5.41, 5.74) is 0. The monoisotopic (exact) mass is 260 g/mol. The summed E-state index contributed by atoms with van der Waals surface area (Å²) in [7, 11) is 0. The van der Waals surface area contributed by atoms with Crippen molar-refractivity contribution in [3.63, 3.8) is 0 Å². The number of nitrogens with one attached hydrogen (secondary N) is 1. The lowest BCUT2D eigenvalue weighted by molar-refractivity contribution is -0.146. The van der Waals surface area contributed by atoms with Gasteiger partial charge in [0.1, 0.15) is 6.04 Å². The smallest absolute Gasteiger partial charge is 0.321 e. The van der Waals surface area contributed by atoms with Crippen LogP contribution in [0.2, 0.25) is 0 Å². The van der Waals surface area contributed by atoms with Gasteiger partial charge in [-0.15, -0.1) is 0 Å². The molecule has 0 fully saturated rings. The van der Waals surface area contributed by atoms with E-state index in [4.69, 9.17) is 10.2 Å². The number of carbonyl (C=O) groups is 3. The Morgan fingerprint density at radius 1 is 1.17 bits per heavy atom. The number of nitrogens with zero attached hydrogens (tertiary/aromatic N) is 1. The predicted molar refractivity (Wildman–Crippen MR) is 64.2 cm³/mol. The van der Waals surface area contributed by atoms with Crippen molar-refractivity contribution >= 4 is 17.8 Å². The van der Waals surface area contributed by atoms with Gasteiger partial charge in [0.2, 0.25) is 5.91 Å². The summed E-state index contributed by atoms with van der Waals surface area (Å²) in [5, 5.41) is 19.9. The van der Waals surface area contributed by atoms with Gasteiger partial charge < -0.3 is 20.4 Å². The molecule has 0 spiro atoms. The van der Waals surface area contributed by atoms with Crippen LogP contribution in [0, 0.1) is 0 Å². The van der Waals surface area contributed by atoms with E-state index in [1.807, 2.05) is 13.8 Å². The summed E-state index contributed by atoms with van der Waals surface area (Å²) in [6, 6.07) is -1.16. The Balaban J connectivity index is 4.10. The molecule has 0 aliphatic carbocycles. The van der Waals surface area contributed by atoms with Gasteiger partial charge in [0, 0.05) is 26.1 Å². The molecule has 0 saturated carbocycles. The Morgan fingerprint density at radius 2 is 1.72 bits per heavy atom. The SMILES string of the molecule is CCN(CC)C(=O)CCNC(CC(=O)O)C(=O)O. The first kappa shape index (κ1) is 16.4. The minimum atomic E-state index is -1.23. The maximum absolute atomic E-state index is 11.6. The molecular formula is C11H20N2O5. The summed E-state index contributed by atoms with van der Waals surface area (Å²) in [6.07, 6.45) is -0.347. The van der Waals surface area contributed by atoms with E-state index in [0.29, 0.717) is 13.1 Å². The van der Waals surface area contributed by atoms with Crippen molar-refractivity contribution in [2.75, 3.05) is 19.6 Å². The number of amides is 1. The average molecular weight is 260 g/mol. The lowest BCUT2D eigenvalue weighted by Crippen LogP contribution is -2.41. The van der Waals surface area contributed by atoms with Gasteiger partial charge in [-0.2, -0.15) is 0 Å². The van der Waals surface area contributed by atoms with Gasteiger partial charge in [0.25, 0.3) is 0 Å². The fourth-order valence-corrected chi connectivity index (χ4v) is 1.51. The molecule has 0 saturated heterocycles. The second kappa shape index (κ2) is 8.46. The highest BCUT2D eigenvalue weighted by atomic mass is 16.4. The molecule has 7 heteroatoms. The van der Waals surface area contributed by atoms with E-state index < -0.39 is 24.4 Å². The zero-order valence-electron chi connectivity index (χ0n) is 10.7. The van der Waals surface area contributed by atoms with Crippen LogP contribution in [0.1, 0.15) is 26.7 Å². The summed E-state index contributed by atoms with van der Waals surface area (Å²) >= 11 is 0. The molecule has 0 aliphatic rings. The van der Waals surface area contributed by atoms with Crippen LogP contribution in [0.15, 0.2) is 0 Å². The fraction of sp³-hybridized carbons (Fsp3) is 0.727. The Morgan fingerprint density at radius 3 is 2.11 bits per heavy atom. The van der Waals surface area contributed by atoms with Crippen LogP contribution in [0.4, 0.5) is 0 Å². The molecule has 0 radical (unpaired) electrons. The second-order valence-electron chi connectivity index (χ2n) is 3.76. The molecular weight excluding hydrogens is 240 g/mol. The van der Waals surface area contributed by atoms with Gasteiger partial charge in [0.15, 0.2) is 0 Å². The summed E-state index contributed by atoms with van der Waals surface area (Å²) in [5.74, 6) is -2.50. The van der Waals surface area contributed by atoms with Crippen molar-refractivity contribution in [2.45, 2.75) is 32.7 Å². The molecule has 0 aromatic rings. The quantitative estimate of drug-likeness (QED) is 0.528. The third-order valence-corrected chi connectivity index (χ3v) is 2.52. The minimum absolute atomic E-state index is 0.0769. The number of carboxylic acids is 2. The number of carbonyl (C=O) groups excluding carboxylic acids is 1. The van der Waals surface area contributed by atoms with E-state index in [0.717, 1.165) is 0 Å². The van der Waals surface area contributed by atoms with Gasteiger partial charge in [-0.05, 0) is 13.8 Å². The molecule has 0 rings (SSSR count). The highest BCUT2D eigenvalue weighted by Crippen LogP contribution is 1.96. The highest BCUT2D eigenvalue weighted by molar-refractivity contribution is 5.80. The van der Waals surface area contributed by atoms with Crippen LogP contribution in [-0.4, -0.2) is 58.6 Å². The second-order valence-corrected chi connectivity index (χ2v) is 3.76. The van der Waals surface area contributed by atoms with Gasteiger partial charge in [0.05, 0.1) is 6.42 Å². The molecule has 0 heterocycles. The van der Waals surface area contributed by atoms with Gasteiger partial charge >= 0.3 is 11.9 Å². The van der Waals surface area contributed by atoms with E-state index in [9.17, 15) is 14.4 Å². The van der Waals surface area contributed by atoms with Crippen LogP contribution >= 0.6 is 0 Å². The lowest BCUT2D eigenvalue weighted by Gasteiger charge is -2.19. The Labute approximate surface area is 106 Å². The Kier molecular flexibility index (Phi) is 7.69. The molecule has 7 nitrogen and oxygen atoms in total. The molecule has 1 amide bonds. The average Bonchev–Trinajstić information content (AvgIpc) is 2.28. The number of hydrogen-bond acceptors (Lipinski definition) is 4. The van der Waals surface area contributed by atoms with Crippen LogP contribution in [-0.2, 0) is 14.4 Å². The summed E-state index contributed by atoms with van der Waals surface area (Å²) in [6.45, 7) is 5.08. The highest BCUT2D eigenvalue weighted by Gasteiger charge is 2.20. The maximum Gasteiger partial charge on any atom is 0.321 e. The van der Waals surface area contributed by atoms with Crippen molar-refractivity contribution in [1.82, 2.24) is 10.2 Å². The lowest BCUT2D eigenvalue weighted by atomic mass is 10.2. The Hall–Kier alpha value is -1.63. The van der Waals surface area contributed by atoms with E-state index in [1.54, 1.807) is 4.90 Å². The van der Waals surface area contributed by atoms with Crippen molar-refractivity contribution in [3.05, 3.63) is 0 Å². The third kappa shape index (κ3) is 6.19. The molecule has 0 bridgehead atoms. The molecule has 18 heavy (non-hydrogen) atoms. The predicted octanol–water partition coefficient (Wildman–Crippen LogP) is -0.238. The number of carboxylic acid groups (broad SMARTS) is 2. The Bertz CT molecular complexity index is 302.